The standard InChI is InChI=1S/C13H21N5OS/c1-2-18(9-3-4-9)12(19)10-11(14)16-13(20-10)17-7-5-15-6-8-17/h9,15H,2-8,14H2,1H3. The molecule has 1 aromatic heterocycles. The van der Waals surface area contributed by atoms with Gasteiger partial charge in [-0.05, 0) is 19.8 Å². The predicted octanol–water partition coefficient (Wildman–Crippen LogP) is 0.759. The second-order valence-electron chi connectivity index (χ2n) is 5.27. The summed E-state index contributed by atoms with van der Waals surface area (Å²) in [6.07, 6.45) is 2.23. The van der Waals surface area contributed by atoms with Crippen molar-refractivity contribution in [3.05, 3.63) is 4.88 Å². The summed E-state index contributed by atoms with van der Waals surface area (Å²) in [4.78, 5) is 21.7. The molecule has 1 aromatic rings. The summed E-state index contributed by atoms with van der Waals surface area (Å²) in [5.74, 6) is 0.430. The third-order valence-electron chi connectivity index (χ3n) is 3.81. The highest BCUT2D eigenvalue weighted by atomic mass is 32.1. The van der Waals surface area contributed by atoms with Gasteiger partial charge in [-0.3, -0.25) is 4.79 Å². The Morgan fingerprint density at radius 3 is 2.80 bits per heavy atom. The van der Waals surface area contributed by atoms with Crippen molar-refractivity contribution in [2.75, 3.05) is 43.4 Å². The minimum atomic E-state index is 0.0476. The molecule has 0 atom stereocenters. The van der Waals surface area contributed by atoms with E-state index >= 15 is 0 Å². The van der Waals surface area contributed by atoms with Crippen molar-refractivity contribution in [2.45, 2.75) is 25.8 Å². The summed E-state index contributed by atoms with van der Waals surface area (Å²) < 4.78 is 0. The first kappa shape index (κ1) is 13.6. The van der Waals surface area contributed by atoms with E-state index in [1.807, 2.05) is 11.8 Å². The number of thiazole rings is 1. The lowest BCUT2D eigenvalue weighted by atomic mass is 10.4. The van der Waals surface area contributed by atoms with Crippen LogP contribution >= 0.6 is 11.3 Å². The molecule has 3 N–H and O–H groups in total. The summed E-state index contributed by atoms with van der Waals surface area (Å²) in [6, 6.07) is 0.414. The van der Waals surface area contributed by atoms with Crippen molar-refractivity contribution in [1.82, 2.24) is 15.2 Å². The molecule has 6 nitrogen and oxygen atoms in total. The first-order valence-electron chi connectivity index (χ1n) is 7.23. The zero-order valence-electron chi connectivity index (χ0n) is 11.8. The number of nitrogens with two attached hydrogens (primary N) is 1. The zero-order chi connectivity index (χ0) is 14.1. The molecule has 0 radical (unpaired) electrons. The lowest BCUT2D eigenvalue weighted by Gasteiger charge is -2.26. The summed E-state index contributed by atoms with van der Waals surface area (Å²) >= 11 is 1.43. The molecule has 20 heavy (non-hydrogen) atoms. The molecule has 2 heterocycles. The van der Waals surface area contributed by atoms with Crippen molar-refractivity contribution in [1.29, 1.82) is 0 Å². The van der Waals surface area contributed by atoms with Crippen LogP contribution in [0.3, 0.4) is 0 Å². The number of carbonyl (C=O) groups is 1. The number of carbonyl (C=O) groups excluding carboxylic acids is 1. The van der Waals surface area contributed by atoms with E-state index in [2.05, 4.69) is 15.2 Å². The van der Waals surface area contributed by atoms with Crippen LogP contribution in [-0.4, -0.2) is 54.6 Å². The van der Waals surface area contributed by atoms with E-state index in [9.17, 15) is 4.79 Å². The Morgan fingerprint density at radius 2 is 2.20 bits per heavy atom. The monoisotopic (exact) mass is 295 g/mol. The van der Waals surface area contributed by atoms with Gasteiger partial charge in [-0.15, -0.1) is 0 Å². The highest BCUT2D eigenvalue weighted by Gasteiger charge is 2.34. The molecule has 7 heteroatoms. The maximum absolute atomic E-state index is 12.6. The van der Waals surface area contributed by atoms with E-state index in [4.69, 9.17) is 5.73 Å². The molecule has 1 saturated carbocycles. The minimum Gasteiger partial charge on any atom is -0.382 e. The number of amides is 1. The van der Waals surface area contributed by atoms with Crippen LogP contribution in [0.15, 0.2) is 0 Å². The fourth-order valence-electron chi connectivity index (χ4n) is 2.55. The van der Waals surface area contributed by atoms with Crippen molar-refractivity contribution in [3.63, 3.8) is 0 Å². The molecule has 1 amide bonds. The zero-order valence-corrected chi connectivity index (χ0v) is 12.6. The van der Waals surface area contributed by atoms with Gasteiger partial charge in [-0.25, -0.2) is 4.98 Å². The average molecular weight is 295 g/mol. The number of aromatic nitrogens is 1. The molecule has 0 spiro atoms. The molecule has 0 bridgehead atoms. The largest absolute Gasteiger partial charge is 0.382 e. The van der Waals surface area contributed by atoms with Gasteiger partial charge in [0, 0.05) is 38.8 Å². The Hall–Kier alpha value is -1.34. The Labute approximate surface area is 123 Å². The molecule has 1 aliphatic carbocycles. The number of nitrogen functional groups attached to an aromatic ring is 1. The molecule has 0 aromatic carbocycles. The van der Waals surface area contributed by atoms with Gasteiger partial charge in [-0.1, -0.05) is 11.3 Å². The Balaban J connectivity index is 1.79. The van der Waals surface area contributed by atoms with E-state index in [-0.39, 0.29) is 5.91 Å². The number of piperazine rings is 1. The van der Waals surface area contributed by atoms with E-state index < -0.39 is 0 Å². The van der Waals surface area contributed by atoms with Gasteiger partial charge in [0.25, 0.3) is 5.91 Å². The van der Waals surface area contributed by atoms with Crippen LogP contribution in [-0.2, 0) is 0 Å². The van der Waals surface area contributed by atoms with Crippen molar-refractivity contribution >= 4 is 28.2 Å². The number of rotatable bonds is 4. The molecule has 1 saturated heterocycles. The third-order valence-corrected chi connectivity index (χ3v) is 4.93. The summed E-state index contributed by atoms with van der Waals surface area (Å²) in [7, 11) is 0. The van der Waals surface area contributed by atoms with E-state index in [1.165, 1.54) is 11.3 Å². The normalized spacial score (nSPS) is 19.1. The van der Waals surface area contributed by atoms with E-state index in [0.29, 0.717) is 16.7 Å². The van der Waals surface area contributed by atoms with Crippen LogP contribution in [0.1, 0.15) is 29.4 Å². The maximum atomic E-state index is 12.6. The number of hydrogen-bond donors (Lipinski definition) is 2. The van der Waals surface area contributed by atoms with Gasteiger partial charge in [0.2, 0.25) is 0 Å². The fraction of sp³-hybridized carbons (Fsp3) is 0.692. The van der Waals surface area contributed by atoms with Gasteiger partial charge in [0.05, 0.1) is 0 Å². The first-order chi connectivity index (χ1) is 9.70. The lowest BCUT2D eigenvalue weighted by molar-refractivity contribution is 0.0758. The number of nitrogens with one attached hydrogen (secondary N) is 1. The number of nitrogens with zero attached hydrogens (tertiary/aromatic N) is 3. The van der Waals surface area contributed by atoms with Gasteiger partial charge >= 0.3 is 0 Å². The number of hydrogen-bond acceptors (Lipinski definition) is 6. The second kappa shape index (κ2) is 5.57. The van der Waals surface area contributed by atoms with Gasteiger partial charge in [0.1, 0.15) is 10.7 Å². The minimum absolute atomic E-state index is 0.0476. The van der Waals surface area contributed by atoms with Crippen molar-refractivity contribution in [2.24, 2.45) is 0 Å². The van der Waals surface area contributed by atoms with Crippen LogP contribution in [0.25, 0.3) is 0 Å². The van der Waals surface area contributed by atoms with Crippen LogP contribution in [0, 0.1) is 0 Å². The lowest BCUT2D eigenvalue weighted by Crippen LogP contribution is -2.43. The maximum Gasteiger partial charge on any atom is 0.268 e. The summed E-state index contributed by atoms with van der Waals surface area (Å²) in [5.41, 5.74) is 5.97. The molecule has 110 valence electrons. The molecular formula is C13H21N5OS. The topological polar surface area (TPSA) is 74.5 Å². The molecule has 2 fully saturated rings. The molecule has 0 unspecified atom stereocenters. The molecular weight excluding hydrogens is 274 g/mol. The average Bonchev–Trinajstić information content (AvgIpc) is 3.22. The highest BCUT2D eigenvalue weighted by Crippen LogP contribution is 2.33. The van der Waals surface area contributed by atoms with Crippen LogP contribution < -0.4 is 16.0 Å². The predicted molar refractivity (Wildman–Crippen MR) is 81.3 cm³/mol. The van der Waals surface area contributed by atoms with Crippen molar-refractivity contribution < 1.29 is 4.79 Å². The first-order valence-corrected chi connectivity index (χ1v) is 8.05. The van der Waals surface area contributed by atoms with Crippen molar-refractivity contribution in [3.8, 4) is 0 Å². The summed E-state index contributed by atoms with van der Waals surface area (Å²) in [5, 5.41) is 4.18. The van der Waals surface area contributed by atoms with E-state index in [1.54, 1.807) is 0 Å². The molecule has 2 aliphatic rings. The fourth-order valence-corrected chi connectivity index (χ4v) is 3.54. The third kappa shape index (κ3) is 2.60. The van der Waals surface area contributed by atoms with Gasteiger partial charge < -0.3 is 20.9 Å². The quantitative estimate of drug-likeness (QED) is 0.858. The second-order valence-corrected chi connectivity index (χ2v) is 6.25. The molecule has 3 rings (SSSR count). The number of anilines is 2. The highest BCUT2D eigenvalue weighted by molar-refractivity contribution is 7.18. The van der Waals surface area contributed by atoms with E-state index in [0.717, 1.165) is 50.7 Å². The van der Waals surface area contributed by atoms with Gasteiger partial charge in [-0.2, -0.15) is 0 Å². The molecule has 1 aliphatic heterocycles. The Kier molecular flexibility index (Phi) is 3.80. The smallest absolute Gasteiger partial charge is 0.268 e. The van der Waals surface area contributed by atoms with Crippen LogP contribution in [0.4, 0.5) is 10.9 Å². The van der Waals surface area contributed by atoms with Crippen LogP contribution in [0.5, 0.6) is 0 Å². The Bertz CT molecular complexity index is 493. The summed E-state index contributed by atoms with van der Waals surface area (Å²) in [6.45, 7) is 6.49. The van der Waals surface area contributed by atoms with Crippen LogP contribution in [0.2, 0.25) is 0 Å². The Morgan fingerprint density at radius 1 is 1.50 bits per heavy atom. The van der Waals surface area contributed by atoms with Gasteiger partial charge in [0.15, 0.2) is 5.13 Å². The SMILES string of the molecule is CCN(C(=O)c1sc(N2CCNCC2)nc1N)C1CC1.